The summed E-state index contributed by atoms with van der Waals surface area (Å²) in [6.07, 6.45) is 0. The van der Waals surface area contributed by atoms with Gasteiger partial charge in [0.25, 0.3) is 5.91 Å². The van der Waals surface area contributed by atoms with Crippen LogP contribution in [0.15, 0.2) is 42.5 Å². The zero-order valence-corrected chi connectivity index (χ0v) is 12.4. The number of aromatic carboxylic acids is 1. The zero-order chi connectivity index (χ0) is 16.1. The Morgan fingerprint density at radius 2 is 1.73 bits per heavy atom. The lowest BCUT2D eigenvalue weighted by molar-refractivity contribution is 0.0696. The molecule has 0 spiro atoms. The molecule has 0 unspecified atom stereocenters. The van der Waals surface area contributed by atoms with E-state index in [2.05, 4.69) is 5.32 Å². The van der Waals surface area contributed by atoms with Crippen molar-refractivity contribution >= 4 is 17.6 Å². The number of aryl methyl sites for hydroxylation is 1. The molecule has 2 N–H and O–H groups in total. The number of nitrogens with one attached hydrogen (secondary N) is 1. The van der Waals surface area contributed by atoms with E-state index in [-0.39, 0.29) is 11.5 Å². The van der Waals surface area contributed by atoms with E-state index in [0.29, 0.717) is 17.9 Å². The van der Waals surface area contributed by atoms with Gasteiger partial charge in [0.2, 0.25) is 0 Å². The predicted molar refractivity (Wildman–Crippen MR) is 83.7 cm³/mol. The maximum Gasteiger partial charge on any atom is 0.335 e. The lowest BCUT2D eigenvalue weighted by Crippen LogP contribution is -2.12. The summed E-state index contributed by atoms with van der Waals surface area (Å²) >= 11 is 0. The van der Waals surface area contributed by atoms with Crippen molar-refractivity contribution in [2.75, 3.05) is 11.9 Å². The summed E-state index contributed by atoms with van der Waals surface area (Å²) in [4.78, 5) is 23.0. The highest BCUT2D eigenvalue weighted by atomic mass is 16.5. The monoisotopic (exact) mass is 299 g/mol. The van der Waals surface area contributed by atoms with Crippen LogP contribution in [0.2, 0.25) is 0 Å². The number of carbonyl (C=O) groups is 2. The molecule has 2 rings (SSSR count). The minimum Gasteiger partial charge on any atom is -0.494 e. The highest BCUT2D eigenvalue weighted by Crippen LogP contribution is 2.20. The Labute approximate surface area is 128 Å². The van der Waals surface area contributed by atoms with Gasteiger partial charge in [0, 0.05) is 11.3 Å². The van der Waals surface area contributed by atoms with Crippen molar-refractivity contribution in [3.63, 3.8) is 0 Å². The molecule has 0 aromatic heterocycles. The molecule has 5 heteroatoms. The average Bonchev–Trinajstić information content (AvgIpc) is 2.50. The minimum absolute atomic E-state index is 0.176. The van der Waals surface area contributed by atoms with Crippen molar-refractivity contribution < 1.29 is 19.4 Å². The molecule has 0 radical (unpaired) electrons. The number of hydrogen-bond donors (Lipinski definition) is 2. The molecule has 22 heavy (non-hydrogen) atoms. The molecule has 0 aliphatic rings. The molecule has 114 valence electrons. The first-order chi connectivity index (χ1) is 10.5. The average molecular weight is 299 g/mol. The molecule has 2 aromatic rings. The fraction of sp³-hybridized carbons (Fsp3) is 0.176. The Balaban J connectivity index is 2.11. The van der Waals surface area contributed by atoms with Gasteiger partial charge in [0.1, 0.15) is 5.75 Å². The van der Waals surface area contributed by atoms with Gasteiger partial charge in [-0.25, -0.2) is 4.79 Å². The molecule has 2 aromatic carbocycles. The van der Waals surface area contributed by atoms with Crippen LogP contribution < -0.4 is 10.1 Å². The first kappa shape index (κ1) is 15.6. The second-order valence-corrected chi connectivity index (χ2v) is 4.75. The maximum atomic E-state index is 12.2. The van der Waals surface area contributed by atoms with Gasteiger partial charge in [-0.3, -0.25) is 4.79 Å². The first-order valence-corrected chi connectivity index (χ1v) is 6.89. The van der Waals surface area contributed by atoms with Crippen LogP contribution in [0.25, 0.3) is 0 Å². The van der Waals surface area contributed by atoms with E-state index in [4.69, 9.17) is 9.84 Å². The van der Waals surface area contributed by atoms with Gasteiger partial charge in [-0.2, -0.15) is 0 Å². The maximum absolute atomic E-state index is 12.2. The molecule has 0 bridgehead atoms. The summed E-state index contributed by atoms with van der Waals surface area (Å²) in [7, 11) is 0. The van der Waals surface area contributed by atoms with Crippen molar-refractivity contribution in [2.45, 2.75) is 13.8 Å². The smallest absolute Gasteiger partial charge is 0.335 e. The van der Waals surface area contributed by atoms with Crippen LogP contribution in [0.5, 0.6) is 5.75 Å². The number of anilines is 1. The van der Waals surface area contributed by atoms with Crippen LogP contribution in [-0.4, -0.2) is 23.6 Å². The number of rotatable bonds is 5. The number of ether oxygens (including phenoxy) is 1. The number of benzene rings is 2. The molecule has 0 atom stereocenters. The van der Waals surface area contributed by atoms with E-state index >= 15 is 0 Å². The third-order valence-electron chi connectivity index (χ3n) is 3.13. The Kier molecular flexibility index (Phi) is 4.78. The highest BCUT2D eigenvalue weighted by molar-refractivity contribution is 6.04. The minimum atomic E-state index is -1.000. The lowest BCUT2D eigenvalue weighted by Gasteiger charge is -2.10. The Hall–Kier alpha value is -2.82. The summed E-state index contributed by atoms with van der Waals surface area (Å²) < 4.78 is 5.44. The lowest BCUT2D eigenvalue weighted by atomic mass is 10.1. The predicted octanol–water partition coefficient (Wildman–Crippen LogP) is 3.34. The molecule has 0 aliphatic carbocycles. The van der Waals surface area contributed by atoms with E-state index in [9.17, 15) is 9.59 Å². The fourth-order valence-corrected chi connectivity index (χ4v) is 2.01. The topological polar surface area (TPSA) is 75.6 Å². The molecule has 0 aliphatic heterocycles. The summed E-state index contributed by atoms with van der Waals surface area (Å²) in [6.45, 7) is 4.35. The molecule has 0 saturated carbocycles. The van der Waals surface area contributed by atoms with E-state index in [0.717, 1.165) is 11.3 Å². The third kappa shape index (κ3) is 3.63. The fourth-order valence-electron chi connectivity index (χ4n) is 2.01. The van der Waals surface area contributed by atoms with Gasteiger partial charge in [-0.1, -0.05) is 0 Å². The second kappa shape index (κ2) is 6.76. The van der Waals surface area contributed by atoms with Crippen molar-refractivity contribution in [3.8, 4) is 5.75 Å². The van der Waals surface area contributed by atoms with Gasteiger partial charge < -0.3 is 15.2 Å². The number of amides is 1. The molecule has 5 nitrogen and oxygen atoms in total. The van der Waals surface area contributed by atoms with E-state index < -0.39 is 5.97 Å². The molecule has 1 amide bonds. The van der Waals surface area contributed by atoms with E-state index in [1.807, 2.05) is 13.8 Å². The molecular formula is C17H17NO4. The number of hydrogen-bond acceptors (Lipinski definition) is 3. The zero-order valence-electron chi connectivity index (χ0n) is 12.4. The van der Waals surface area contributed by atoms with Crippen molar-refractivity contribution in [1.82, 2.24) is 0 Å². The summed E-state index contributed by atoms with van der Waals surface area (Å²) in [5, 5.41) is 11.6. The summed E-state index contributed by atoms with van der Waals surface area (Å²) in [6, 6.07) is 11.2. The van der Waals surface area contributed by atoms with Crippen LogP contribution in [-0.2, 0) is 0 Å². The van der Waals surface area contributed by atoms with Gasteiger partial charge in [0.05, 0.1) is 12.2 Å². The highest BCUT2D eigenvalue weighted by Gasteiger charge is 2.09. The van der Waals surface area contributed by atoms with Gasteiger partial charge in [-0.05, 0) is 61.9 Å². The van der Waals surface area contributed by atoms with Gasteiger partial charge >= 0.3 is 5.97 Å². The van der Waals surface area contributed by atoms with E-state index in [1.165, 1.54) is 12.1 Å². The molecule has 0 heterocycles. The summed E-state index contributed by atoms with van der Waals surface area (Å²) in [5.41, 5.74) is 2.12. The molecule has 0 saturated heterocycles. The van der Waals surface area contributed by atoms with Crippen LogP contribution in [0.3, 0.4) is 0 Å². The van der Waals surface area contributed by atoms with Gasteiger partial charge in [-0.15, -0.1) is 0 Å². The SMILES string of the molecule is CCOc1ccc(C(=O)Nc2ccc(C(=O)O)cc2)cc1C. The van der Waals surface area contributed by atoms with Crippen molar-refractivity contribution in [1.29, 1.82) is 0 Å². The Morgan fingerprint density at radius 1 is 1.09 bits per heavy atom. The van der Waals surface area contributed by atoms with Crippen LogP contribution >= 0.6 is 0 Å². The van der Waals surface area contributed by atoms with Crippen LogP contribution in [0.4, 0.5) is 5.69 Å². The molecule has 0 fully saturated rings. The standard InChI is InChI=1S/C17H17NO4/c1-3-22-15-9-6-13(10-11(15)2)16(19)18-14-7-4-12(5-8-14)17(20)21/h4-10H,3H2,1-2H3,(H,18,19)(H,20,21). The third-order valence-corrected chi connectivity index (χ3v) is 3.13. The second-order valence-electron chi connectivity index (χ2n) is 4.75. The van der Waals surface area contributed by atoms with E-state index in [1.54, 1.807) is 30.3 Å². The van der Waals surface area contributed by atoms with Crippen LogP contribution in [0.1, 0.15) is 33.2 Å². The number of carbonyl (C=O) groups excluding carboxylic acids is 1. The number of carboxylic acids is 1. The van der Waals surface area contributed by atoms with Gasteiger partial charge in [0.15, 0.2) is 0 Å². The van der Waals surface area contributed by atoms with Crippen molar-refractivity contribution in [2.24, 2.45) is 0 Å². The Morgan fingerprint density at radius 3 is 2.27 bits per heavy atom. The quantitative estimate of drug-likeness (QED) is 0.887. The summed E-state index contributed by atoms with van der Waals surface area (Å²) in [5.74, 6) is -0.501. The number of carboxylic acid groups (broad SMARTS) is 1. The largest absolute Gasteiger partial charge is 0.494 e. The Bertz CT molecular complexity index is 692. The van der Waals surface area contributed by atoms with Crippen LogP contribution in [0, 0.1) is 6.92 Å². The normalized spacial score (nSPS) is 10.1. The first-order valence-electron chi connectivity index (χ1n) is 6.89. The molecular weight excluding hydrogens is 282 g/mol. The van der Waals surface area contributed by atoms with Crippen molar-refractivity contribution in [3.05, 3.63) is 59.2 Å².